The number of carbonyl (C=O) groups is 1. The van der Waals surface area contributed by atoms with E-state index in [1.54, 1.807) is 0 Å². The Balaban J connectivity index is 1.84. The molecule has 1 saturated carbocycles. The van der Waals surface area contributed by atoms with Crippen LogP contribution >= 0.6 is 0 Å². The molecule has 1 aliphatic carbocycles. The molecule has 0 aromatic rings. The normalized spacial score (nSPS) is 26.4. The third kappa shape index (κ3) is 3.37. The average Bonchev–Trinajstić information content (AvgIpc) is 2.97. The molecule has 20 heavy (non-hydrogen) atoms. The fourth-order valence-corrected chi connectivity index (χ4v) is 2.85. The van der Waals surface area contributed by atoms with Crippen molar-refractivity contribution in [3.8, 4) is 0 Å². The molecule has 1 saturated heterocycles. The first-order valence-electron chi connectivity index (χ1n) is 6.96. The van der Waals surface area contributed by atoms with E-state index in [0.29, 0.717) is 13.2 Å². The Hall–Kier alpha value is -0.980. The second kappa shape index (κ2) is 5.42. The van der Waals surface area contributed by atoms with E-state index in [2.05, 4.69) is 5.32 Å². The zero-order valence-corrected chi connectivity index (χ0v) is 11.7. The molecule has 0 aromatic heterocycles. The number of amides is 2. The van der Waals surface area contributed by atoms with Gasteiger partial charge in [-0.05, 0) is 30.6 Å². The summed E-state index contributed by atoms with van der Waals surface area (Å²) in [4.78, 5) is 11.7. The highest BCUT2D eigenvalue weighted by atomic mass is 19.4. The van der Waals surface area contributed by atoms with Crippen LogP contribution in [0.15, 0.2) is 0 Å². The van der Waals surface area contributed by atoms with Crippen molar-refractivity contribution >= 4 is 6.03 Å². The number of rotatable bonds is 3. The quantitative estimate of drug-likeness (QED) is 0.840. The number of urea groups is 1. The number of nitrogens with one attached hydrogen (secondary N) is 2. The summed E-state index contributed by atoms with van der Waals surface area (Å²) in [5.41, 5.74) is 0.0567. The Morgan fingerprint density at radius 3 is 2.40 bits per heavy atom. The van der Waals surface area contributed by atoms with Crippen molar-refractivity contribution in [2.24, 2.45) is 11.3 Å². The van der Waals surface area contributed by atoms with Crippen LogP contribution in [-0.2, 0) is 4.74 Å². The van der Waals surface area contributed by atoms with E-state index in [4.69, 9.17) is 4.74 Å². The van der Waals surface area contributed by atoms with Gasteiger partial charge in [-0.3, -0.25) is 0 Å². The van der Waals surface area contributed by atoms with E-state index < -0.39 is 24.2 Å². The van der Waals surface area contributed by atoms with Crippen LogP contribution in [0.5, 0.6) is 0 Å². The van der Waals surface area contributed by atoms with Crippen LogP contribution in [0.25, 0.3) is 0 Å². The molecule has 1 aliphatic heterocycles. The number of halogens is 3. The predicted molar refractivity (Wildman–Crippen MR) is 67.2 cm³/mol. The lowest BCUT2D eigenvalue weighted by atomic mass is 9.96. The maximum atomic E-state index is 12.8. The van der Waals surface area contributed by atoms with Crippen LogP contribution in [-0.4, -0.2) is 37.5 Å². The van der Waals surface area contributed by atoms with Crippen molar-refractivity contribution in [3.05, 3.63) is 0 Å². The molecule has 7 heteroatoms. The molecular weight excluding hydrogens is 273 g/mol. The first kappa shape index (κ1) is 15.4. The predicted octanol–water partition coefficient (Wildman–Crippen LogP) is 2.44. The van der Waals surface area contributed by atoms with Crippen molar-refractivity contribution in [3.63, 3.8) is 0 Å². The molecule has 116 valence electrons. The Labute approximate surface area is 116 Å². The summed E-state index contributed by atoms with van der Waals surface area (Å²) in [6, 6.07) is -2.56. The van der Waals surface area contributed by atoms with Crippen LogP contribution in [0, 0.1) is 11.3 Å². The Morgan fingerprint density at radius 2 is 1.90 bits per heavy atom. The highest BCUT2D eigenvalue weighted by Crippen LogP contribution is 2.53. The molecule has 2 atom stereocenters. The second-order valence-corrected chi connectivity index (χ2v) is 6.11. The summed E-state index contributed by atoms with van der Waals surface area (Å²) in [6.07, 6.45) is -1.86. The smallest absolute Gasteiger partial charge is 0.381 e. The van der Waals surface area contributed by atoms with Gasteiger partial charge in [0, 0.05) is 19.3 Å². The third-order valence-electron chi connectivity index (χ3n) is 4.29. The maximum absolute atomic E-state index is 12.8. The largest absolute Gasteiger partial charge is 0.408 e. The topological polar surface area (TPSA) is 50.4 Å². The lowest BCUT2D eigenvalue weighted by Gasteiger charge is -2.26. The SMILES string of the molecule is CC(C)[C@H](NC(=O)NC1CC12CCOCC2)C(F)(F)F. The van der Waals surface area contributed by atoms with E-state index in [1.807, 2.05) is 5.32 Å². The molecule has 2 aliphatic rings. The number of hydrogen-bond donors (Lipinski definition) is 2. The Bertz CT molecular complexity index is 365. The molecule has 0 bridgehead atoms. The van der Waals surface area contributed by atoms with Crippen molar-refractivity contribution < 1.29 is 22.7 Å². The van der Waals surface area contributed by atoms with Crippen LogP contribution < -0.4 is 10.6 Å². The number of hydrogen-bond acceptors (Lipinski definition) is 2. The number of carbonyl (C=O) groups excluding carboxylic acids is 1. The molecule has 2 N–H and O–H groups in total. The minimum absolute atomic E-state index is 0.0209. The Kier molecular flexibility index (Phi) is 4.18. The summed E-state index contributed by atoms with van der Waals surface area (Å²) in [5.74, 6) is -0.697. The molecule has 2 fully saturated rings. The van der Waals surface area contributed by atoms with Crippen molar-refractivity contribution in [1.29, 1.82) is 0 Å². The van der Waals surface area contributed by atoms with E-state index in [1.165, 1.54) is 13.8 Å². The standard InChI is InChI=1S/C13H21F3N2O2/c1-8(2)10(13(14,15)16)18-11(19)17-9-7-12(9)3-5-20-6-4-12/h8-10H,3-7H2,1-2H3,(H2,17,18,19)/t9?,10-/m0/s1. The van der Waals surface area contributed by atoms with Gasteiger partial charge in [0.2, 0.25) is 0 Å². The van der Waals surface area contributed by atoms with Gasteiger partial charge in [-0.2, -0.15) is 13.2 Å². The summed E-state index contributed by atoms with van der Waals surface area (Å²) in [6.45, 7) is 4.21. The van der Waals surface area contributed by atoms with Gasteiger partial charge < -0.3 is 15.4 Å². The number of ether oxygens (including phenoxy) is 1. The van der Waals surface area contributed by atoms with E-state index in [9.17, 15) is 18.0 Å². The maximum Gasteiger partial charge on any atom is 0.408 e. The van der Waals surface area contributed by atoms with Gasteiger partial charge in [-0.1, -0.05) is 13.8 Å². The molecule has 2 rings (SSSR count). The van der Waals surface area contributed by atoms with Crippen molar-refractivity contribution in [2.75, 3.05) is 13.2 Å². The summed E-state index contributed by atoms with van der Waals surface area (Å²) >= 11 is 0. The first-order chi connectivity index (χ1) is 9.24. The minimum atomic E-state index is -4.43. The lowest BCUT2D eigenvalue weighted by Crippen LogP contribution is -2.52. The second-order valence-electron chi connectivity index (χ2n) is 6.11. The van der Waals surface area contributed by atoms with Crippen molar-refractivity contribution in [1.82, 2.24) is 10.6 Å². The van der Waals surface area contributed by atoms with Crippen LogP contribution in [0.2, 0.25) is 0 Å². The van der Waals surface area contributed by atoms with E-state index in [-0.39, 0.29) is 11.5 Å². The molecule has 1 unspecified atom stereocenters. The van der Waals surface area contributed by atoms with Crippen LogP contribution in [0.4, 0.5) is 18.0 Å². The molecular formula is C13H21F3N2O2. The first-order valence-corrected chi connectivity index (χ1v) is 6.96. The fraction of sp³-hybridized carbons (Fsp3) is 0.923. The van der Waals surface area contributed by atoms with Gasteiger partial charge in [0.15, 0.2) is 0 Å². The molecule has 0 radical (unpaired) electrons. The van der Waals surface area contributed by atoms with E-state index in [0.717, 1.165) is 19.3 Å². The van der Waals surface area contributed by atoms with Crippen LogP contribution in [0.1, 0.15) is 33.1 Å². The van der Waals surface area contributed by atoms with Gasteiger partial charge in [-0.25, -0.2) is 4.79 Å². The zero-order valence-electron chi connectivity index (χ0n) is 11.7. The molecule has 0 aromatic carbocycles. The molecule has 1 spiro atoms. The highest BCUT2D eigenvalue weighted by Gasteiger charge is 2.55. The number of alkyl halides is 3. The van der Waals surface area contributed by atoms with Gasteiger partial charge in [-0.15, -0.1) is 0 Å². The lowest BCUT2D eigenvalue weighted by molar-refractivity contribution is -0.162. The van der Waals surface area contributed by atoms with Gasteiger partial charge in [0.25, 0.3) is 0 Å². The van der Waals surface area contributed by atoms with Crippen LogP contribution in [0.3, 0.4) is 0 Å². The molecule has 4 nitrogen and oxygen atoms in total. The summed E-state index contributed by atoms with van der Waals surface area (Å²) in [5, 5.41) is 4.71. The van der Waals surface area contributed by atoms with Gasteiger partial charge in [0.05, 0.1) is 0 Å². The summed E-state index contributed by atoms with van der Waals surface area (Å²) in [7, 11) is 0. The third-order valence-corrected chi connectivity index (χ3v) is 4.29. The Morgan fingerprint density at radius 1 is 1.30 bits per heavy atom. The highest BCUT2D eigenvalue weighted by molar-refractivity contribution is 5.75. The average molecular weight is 294 g/mol. The summed E-state index contributed by atoms with van der Waals surface area (Å²) < 4.78 is 43.6. The monoisotopic (exact) mass is 294 g/mol. The van der Waals surface area contributed by atoms with Gasteiger partial charge in [0.1, 0.15) is 6.04 Å². The molecule has 2 amide bonds. The van der Waals surface area contributed by atoms with Crippen molar-refractivity contribution in [2.45, 2.75) is 51.4 Å². The fourth-order valence-electron chi connectivity index (χ4n) is 2.85. The van der Waals surface area contributed by atoms with Gasteiger partial charge >= 0.3 is 12.2 Å². The zero-order chi connectivity index (χ0) is 15.0. The molecule has 1 heterocycles. The minimum Gasteiger partial charge on any atom is -0.381 e. The van der Waals surface area contributed by atoms with E-state index >= 15 is 0 Å².